The Morgan fingerprint density at radius 2 is 1.71 bits per heavy atom. The van der Waals surface area contributed by atoms with Crippen molar-refractivity contribution in [2.24, 2.45) is 7.05 Å². The van der Waals surface area contributed by atoms with E-state index in [4.69, 9.17) is 0 Å². The first-order valence-electron chi connectivity index (χ1n) is 9.94. The fourth-order valence-electron chi connectivity index (χ4n) is 3.93. The van der Waals surface area contributed by atoms with Gasteiger partial charge in [-0.25, -0.2) is 18.4 Å². The van der Waals surface area contributed by atoms with Gasteiger partial charge in [-0.05, 0) is 25.0 Å². The second-order valence-electron chi connectivity index (χ2n) is 7.51. The Balaban J connectivity index is 1.48. The maximum absolute atomic E-state index is 13.2. The summed E-state index contributed by atoms with van der Waals surface area (Å²) in [5.41, 5.74) is 0. The minimum Gasteiger partial charge on any atom is -0.353 e. The smallest absolute Gasteiger partial charge is 0.246 e. The minimum absolute atomic E-state index is 0.342. The van der Waals surface area contributed by atoms with Crippen LogP contribution >= 0.6 is 0 Å². The van der Waals surface area contributed by atoms with E-state index in [9.17, 15) is 8.42 Å². The molecule has 0 bridgehead atoms. The lowest BCUT2D eigenvalue weighted by atomic mass is 10.2. The third-order valence-corrected chi connectivity index (χ3v) is 7.56. The zero-order valence-electron chi connectivity index (χ0n) is 16.4. The van der Waals surface area contributed by atoms with Gasteiger partial charge in [-0.1, -0.05) is 6.42 Å². The van der Waals surface area contributed by atoms with Gasteiger partial charge in [0.25, 0.3) is 0 Å². The molecule has 8 nitrogen and oxygen atoms in total. The molecule has 4 heterocycles. The summed E-state index contributed by atoms with van der Waals surface area (Å²) in [4.78, 5) is 13.7. The third kappa shape index (κ3) is 3.92. The number of aromatic nitrogens is 3. The van der Waals surface area contributed by atoms with Crippen LogP contribution in [0.4, 0.5) is 5.82 Å². The molecule has 2 aliphatic heterocycles. The van der Waals surface area contributed by atoms with Gasteiger partial charge < -0.3 is 9.47 Å². The van der Waals surface area contributed by atoms with Crippen LogP contribution < -0.4 is 4.90 Å². The number of aryl methyl sites for hydroxylation is 1. The average Bonchev–Trinajstić information content (AvgIpc) is 3.14. The van der Waals surface area contributed by atoms with Gasteiger partial charge >= 0.3 is 0 Å². The van der Waals surface area contributed by atoms with Crippen LogP contribution in [-0.4, -0.2) is 71.4 Å². The molecule has 2 saturated heterocycles. The van der Waals surface area contributed by atoms with Crippen LogP contribution in [0.25, 0.3) is 0 Å². The number of pyridine rings is 1. The Morgan fingerprint density at radius 3 is 2.39 bits per heavy atom. The number of sulfonamides is 1. The van der Waals surface area contributed by atoms with E-state index < -0.39 is 10.0 Å². The molecule has 0 atom stereocenters. The van der Waals surface area contributed by atoms with Crippen molar-refractivity contribution < 1.29 is 8.42 Å². The summed E-state index contributed by atoms with van der Waals surface area (Å²) >= 11 is 0. The van der Waals surface area contributed by atoms with Gasteiger partial charge in [0.05, 0.1) is 6.54 Å². The SMILES string of the molecule is Cn1ccnc1CN1CCN(c2ncccc2S(=O)(=O)N2CCCCC2)CC1. The quantitative estimate of drug-likeness (QED) is 0.748. The van der Waals surface area contributed by atoms with E-state index in [1.807, 2.05) is 24.0 Å². The average molecular weight is 405 g/mol. The van der Waals surface area contributed by atoms with Crippen LogP contribution in [0, 0.1) is 0 Å². The first-order valence-corrected chi connectivity index (χ1v) is 11.4. The van der Waals surface area contributed by atoms with Crippen molar-refractivity contribution in [3.05, 3.63) is 36.5 Å². The maximum atomic E-state index is 13.2. The number of hydrogen-bond acceptors (Lipinski definition) is 6. The third-order valence-electron chi connectivity index (χ3n) is 5.64. The Kier molecular flexibility index (Phi) is 5.65. The topological polar surface area (TPSA) is 74.6 Å². The largest absolute Gasteiger partial charge is 0.353 e. The summed E-state index contributed by atoms with van der Waals surface area (Å²) in [6.45, 7) is 5.23. The van der Waals surface area contributed by atoms with E-state index in [-0.39, 0.29) is 0 Å². The minimum atomic E-state index is -3.50. The van der Waals surface area contributed by atoms with Crippen LogP contribution in [0.15, 0.2) is 35.6 Å². The van der Waals surface area contributed by atoms with Gasteiger partial charge in [-0.2, -0.15) is 4.31 Å². The van der Waals surface area contributed by atoms with Gasteiger partial charge in [0.1, 0.15) is 16.5 Å². The molecule has 0 aliphatic carbocycles. The lowest BCUT2D eigenvalue weighted by Crippen LogP contribution is -2.47. The number of piperidine rings is 1. The van der Waals surface area contributed by atoms with E-state index in [0.717, 1.165) is 57.8 Å². The summed E-state index contributed by atoms with van der Waals surface area (Å²) in [5.74, 6) is 1.63. The Hall–Kier alpha value is -1.97. The lowest BCUT2D eigenvalue weighted by molar-refractivity contribution is 0.241. The predicted octanol–water partition coefficient (Wildman–Crippen LogP) is 1.31. The molecule has 4 rings (SSSR count). The van der Waals surface area contributed by atoms with Crippen molar-refractivity contribution in [1.29, 1.82) is 0 Å². The number of hydrogen-bond donors (Lipinski definition) is 0. The van der Waals surface area contributed by atoms with E-state index >= 15 is 0 Å². The first-order chi connectivity index (χ1) is 13.6. The normalized spacial score (nSPS) is 19.8. The fraction of sp³-hybridized carbons (Fsp3) is 0.579. The van der Waals surface area contributed by atoms with Crippen molar-refractivity contribution in [2.75, 3.05) is 44.2 Å². The van der Waals surface area contributed by atoms with E-state index in [1.54, 1.807) is 22.6 Å². The summed E-state index contributed by atoms with van der Waals surface area (Å²) in [6.07, 6.45) is 8.42. The molecule has 2 fully saturated rings. The molecule has 0 aromatic carbocycles. The van der Waals surface area contributed by atoms with Crippen molar-refractivity contribution >= 4 is 15.8 Å². The highest BCUT2D eigenvalue weighted by atomic mass is 32.2. The van der Waals surface area contributed by atoms with E-state index in [1.165, 1.54) is 0 Å². The summed E-state index contributed by atoms with van der Waals surface area (Å²) in [7, 11) is -1.50. The van der Waals surface area contributed by atoms with Crippen molar-refractivity contribution in [3.8, 4) is 0 Å². The number of imidazole rings is 1. The number of rotatable bonds is 5. The van der Waals surface area contributed by atoms with Crippen LogP contribution in [0.5, 0.6) is 0 Å². The first kappa shape index (κ1) is 19.4. The summed E-state index contributed by atoms with van der Waals surface area (Å²) in [6, 6.07) is 3.42. The molecule has 28 heavy (non-hydrogen) atoms. The highest BCUT2D eigenvalue weighted by molar-refractivity contribution is 7.89. The maximum Gasteiger partial charge on any atom is 0.246 e. The fourth-order valence-corrected chi connectivity index (χ4v) is 5.61. The van der Waals surface area contributed by atoms with Gasteiger partial charge in [-0.3, -0.25) is 4.90 Å². The second-order valence-corrected chi connectivity index (χ2v) is 9.41. The molecule has 0 unspecified atom stereocenters. The molecule has 2 aromatic rings. The van der Waals surface area contributed by atoms with Gasteiger partial charge in [-0.15, -0.1) is 0 Å². The number of nitrogens with zero attached hydrogens (tertiary/aromatic N) is 6. The molecule has 0 amide bonds. The van der Waals surface area contributed by atoms with Gasteiger partial charge in [0.15, 0.2) is 0 Å². The molecule has 9 heteroatoms. The summed E-state index contributed by atoms with van der Waals surface area (Å²) in [5, 5.41) is 0. The Labute approximate surface area is 166 Å². The standard InChI is InChI=1S/C19H28N6O2S/c1-22-11-8-20-18(22)16-23-12-14-24(15-13-23)19-17(6-5-7-21-19)28(26,27)25-9-3-2-4-10-25/h5-8,11H,2-4,9-10,12-16H2,1H3. The van der Waals surface area contributed by atoms with Gasteiger partial charge in [0.2, 0.25) is 10.0 Å². The second kappa shape index (κ2) is 8.18. The van der Waals surface area contributed by atoms with E-state index in [0.29, 0.717) is 23.8 Å². The Bertz CT molecular complexity index is 899. The highest BCUT2D eigenvalue weighted by Gasteiger charge is 2.31. The van der Waals surface area contributed by atoms with Crippen molar-refractivity contribution in [2.45, 2.75) is 30.7 Å². The molecule has 0 saturated carbocycles. The lowest BCUT2D eigenvalue weighted by Gasteiger charge is -2.36. The molecular weight excluding hydrogens is 376 g/mol. The summed E-state index contributed by atoms with van der Waals surface area (Å²) < 4.78 is 30.1. The molecule has 0 radical (unpaired) electrons. The molecule has 0 spiro atoms. The van der Waals surface area contributed by atoms with E-state index in [2.05, 4.69) is 19.8 Å². The molecule has 2 aliphatic rings. The predicted molar refractivity (Wildman–Crippen MR) is 108 cm³/mol. The number of anilines is 1. The Morgan fingerprint density at radius 1 is 0.964 bits per heavy atom. The molecule has 152 valence electrons. The van der Waals surface area contributed by atoms with Crippen LogP contribution in [-0.2, 0) is 23.6 Å². The monoisotopic (exact) mass is 404 g/mol. The van der Waals surface area contributed by atoms with Crippen LogP contribution in [0.1, 0.15) is 25.1 Å². The number of piperazine rings is 1. The molecular formula is C19H28N6O2S. The van der Waals surface area contributed by atoms with Crippen LogP contribution in [0.3, 0.4) is 0 Å². The van der Waals surface area contributed by atoms with Crippen LogP contribution in [0.2, 0.25) is 0 Å². The molecule has 2 aromatic heterocycles. The zero-order chi connectivity index (χ0) is 19.6. The van der Waals surface area contributed by atoms with Crippen molar-refractivity contribution in [3.63, 3.8) is 0 Å². The zero-order valence-corrected chi connectivity index (χ0v) is 17.2. The molecule has 0 N–H and O–H groups in total. The highest BCUT2D eigenvalue weighted by Crippen LogP contribution is 2.28. The van der Waals surface area contributed by atoms with Gasteiger partial charge in [0, 0.05) is 64.9 Å². The van der Waals surface area contributed by atoms with Crippen molar-refractivity contribution in [1.82, 2.24) is 23.7 Å².